The smallest absolute Gasteiger partial charge is 0.0833 e. The van der Waals surface area contributed by atoms with Crippen LogP contribution < -0.4 is 0 Å². The summed E-state index contributed by atoms with van der Waals surface area (Å²) < 4.78 is 0. The minimum absolute atomic E-state index is 0.365. The lowest BCUT2D eigenvalue weighted by molar-refractivity contribution is 0.229. The third-order valence-corrected chi connectivity index (χ3v) is 0.796. The molecule has 0 aliphatic heterocycles. The molecule has 1 atom stereocenters. The molecule has 0 aromatic heterocycles. The van der Waals surface area contributed by atoms with E-state index in [1.807, 2.05) is 0 Å². The van der Waals surface area contributed by atoms with E-state index in [2.05, 4.69) is 12.5 Å². The van der Waals surface area contributed by atoms with E-state index in [0.717, 1.165) is 0 Å². The second-order valence-electron chi connectivity index (χ2n) is 1.60. The molecule has 0 aromatic carbocycles. The Morgan fingerprint density at radius 3 is 2.89 bits per heavy atom. The summed E-state index contributed by atoms with van der Waals surface area (Å²) in [6.07, 6.45) is 9.65. The molecule has 0 rings (SSSR count). The molecular formula is C8H10O. The predicted molar refractivity (Wildman–Crippen MR) is 38.8 cm³/mol. The Bertz CT molecular complexity index is 139. The van der Waals surface area contributed by atoms with Gasteiger partial charge in [0, 0.05) is 6.42 Å². The van der Waals surface area contributed by atoms with Gasteiger partial charge in [-0.15, -0.1) is 12.3 Å². The largest absolute Gasteiger partial charge is 0.388 e. The molecule has 0 aliphatic rings. The van der Waals surface area contributed by atoms with E-state index in [1.54, 1.807) is 18.2 Å². The molecule has 0 amide bonds. The van der Waals surface area contributed by atoms with Crippen LogP contribution in [0, 0.1) is 12.3 Å². The Labute approximate surface area is 55.7 Å². The molecule has 1 unspecified atom stereocenters. The monoisotopic (exact) mass is 122 g/mol. The number of hydrogen-bond donors (Lipinski definition) is 1. The fourth-order valence-corrected chi connectivity index (χ4v) is 0.396. The van der Waals surface area contributed by atoms with Crippen LogP contribution in [0.2, 0.25) is 0 Å². The zero-order valence-corrected chi connectivity index (χ0v) is 5.25. The van der Waals surface area contributed by atoms with Crippen molar-refractivity contribution in [2.24, 2.45) is 0 Å². The quantitative estimate of drug-likeness (QED) is 0.439. The van der Waals surface area contributed by atoms with Crippen LogP contribution >= 0.6 is 0 Å². The average molecular weight is 122 g/mol. The molecule has 0 aromatic rings. The summed E-state index contributed by atoms with van der Waals surface area (Å²) in [5.41, 5.74) is 0. The molecule has 0 saturated heterocycles. The van der Waals surface area contributed by atoms with Crippen molar-refractivity contribution in [2.75, 3.05) is 0 Å². The van der Waals surface area contributed by atoms with Crippen molar-refractivity contribution >= 4 is 0 Å². The van der Waals surface area contributed by atoms with Gasteiger partial charge in [0.2, 0.25) is 0 Å². The van der Waals surface area contributed by atoms with Gasteiger partial charge in [0.25, 0.3) is 0 Å². The van der Waals surface area contributed by atoms with Crippen LogP contribution in [0.3, 0.4) is 0 Å². The summed E-state index contributed by atoms with van der Waals surface area (Å²) in [4.78, 5) is 0. The van der Waals surface area contributed by atoms with Crippen LogP contribution in [-0.4, -0.2) is 11.2 Å². The molecule has 0 heterocycles. The highest BCUT2D eigenvalue weighted by Crippen LogP contribution is 1.90. The van der Waals surface area contributed by atoms with Crippen molar-refractivity contribution in [3.05, 3.63) is 24.8 Å². The van der Waals surface area contributed by atoms with Crippen molar-refractivity contribution < 1.29 is 5.11 Å². The zero-order valence-electron chi connectivity index (χ0n) is 5.25. The highest BCUT2D eigenvalue weighted by Gasteiger charge is 1.91. The Morgan fingerprint density at radius 1 is 1.78 bits per heavy atom. The van der Waals surface area contributed by atoms with Crippen LogP contribution in [0.15, 0.2) is 24.8 Å². The Balaban J connectivity index is 3.51. The Hall–Kier alpha value is -1.00. The van der Waals surface area contributed by atoms with Gasteiger partial charge in [-0.25, -0.2) is 0 Å². The maximum absolute atomic E-state index is 8.90. The summed E-state index contributed by atoms with van der Waals surface area (Å²) in [5.74, 6) is 2.34. The number of aliphatic hydroxyl groups excluding tert-OH is 1. The van der Waals surface area contributed by atoms with Crippen molar-refractivity contribution in [1.29, 1.82) is 0 Å². The van der Waals surface area contributed by atoms with E-state index in [4.69, 9.17) is 11.5 Å². The lowest BCUT2D eigenvalue weighted by Gasteiger charge is -1.95. The van der Waals surface area contributed by atoms with Gasteiger partial charge in [0.05, 0.1) is 6.10 Å². The fraction of sp³-hybridized carbons (Fsp3) is 0.250. The number of allylic oxidation sites excluding steroid dienone is 2. The molecule has 1 N–H and O–H groups in total. The second kappa shape index (κ2) is 5.14. The van der Waals surface area contributed by atoms with Gasteiger partial charge in [-0.1, -0.05) is 24.8 Å². The van der Waals surface area contributed by atoms with Gasteiger partial charge in [0.15, 0.2) is 0 Å². The molecule has 0 spiro atoms. The maximum atomic E-state index is 8.90. The predicted octanol–water partition coefficient (Wildman–Crippen LogP) is 1.11. The van der Waals surface area contributed by atoms with E-state index in [0.29, 0.717) is 6.42 Å². The SMILES string of the molecule is C#CCC(O)C=CC=C. The summed E-state index contributed by atoms with van der Waals surface area (Å²) in [6.45, 7) is 3.44. The second-order valence-corrected chi connectivity index (χ2v) is 1.60. The van der Waals surface area contributed by atoms with Gasteiger partial charge >= 0.3 is 0 Å². The van der Waals surface area contributed by atoms with E-state index >= 15 is 0 Å². The Morgan fingerprint density at radius 2 is 2.44 bits per heavy atom. The topological polar surface area (TPSA) is 20.2 Å². The molecule has 0 bridgehead atoms. The first-order valence-corrected chi connectivity index (χ1v) is 2.72. The summed E-state index contributed by atoms with van der Waals surface area (Å²) >= 11 is 0. The molecule has 1 heteroatoms. The van der Waals surface area contributed by atoms with Crippen molar-refractivity contribution in [1.82, 2.24) is 0 Å². The molecule has 0 saturated carbocycles. The van der Waals surface area contributed by atoms with E-state index < -0.39 is 6.10 Å². The normalized spacial score (nSPS) is 12.9. The van der Waals surface area contributed by atoms with Crippen LogP contribution in [0.25, 0.3) is 0 Å². The van der Waals surface area contributed by atoms with Gasteiger partial charge in [-0.3, -0.25) is 0 Å². The summed E-state index contributed by atoms with van der Waals surface area (Å²) in [7, 11) is 0. The first-order chi connectivity index (χ1) is 4.31. The third-order valence-electron chi connectivity index (χ3n) is 0.796. The molecule has 48 valence electrons. The number of rotatable bonds is 3. The average Bonchev–Trinajstić information content (AvgIpc) is 1.85. The van der Waals surface area contributed by atoms with Crippen LogP contribution in [0.5, 0.6) is 0 Å². The van der Waals surface area contributed by atoms with E-state index in [1.165, 1.54) is 0 Å². The minimum atomic E-state index is -0.520. The summed E-state index contributed by atoms with van der Waals surface area (Å²) in [5, 5.41) is 8.90. The van der Waals surface area contributed by atoms with Crippen LogP contribution in [-0.2, 0) is 0 Å². The highest BCUT2D eigenvalue weighted by molar-refractivity contribution is 5.03. The molecule has 1 nitrogen and oxygen atoms in total. The number of terminal acetylenes is 1. The Kier molecular flexibility index (Phi) is 4.57. The first-order valence-electron chi connectivity index (χ1n) is 2.72. The molecule has 0 aliphatic carbocycles. The lowest BCUT2D eigenvalue weighted by Crippen LogP contribution is -1.98. The number of hydrogen-bond acceptors (Lipinski definition) is 1. The van der Waals surface area contributed by atoms with Crippen LogP contribution in [0.4, 0.5) is 0 Å². The first kappa shape index (κ1) is 8.00. The summed E-state index contributed by atoms with van der Waals surface area (Å²) in [6, 6.07) is 0. The van der Waals surface area contributed by atoms with Crippen molar-refractivity contribution in [3.63, 3.8) is 0 Å². The molecule has 9 heavy (non-hydrogen) atoms. The lowest BCUT2D eigenvalue weighted by atomic mass is 10.2. The standard InChI is InChI=1S/C8H10O/c1-3-5-7-8(9)6-4-2/h2-3,5,7-9H,1,6H2. The third kappa shape index (κ3) is 4.86. The molecule has 0 fully saturated rings. The maximum Gasteiger partial charge on any atom is 0.0833 e. The van der Waals surface area contributed by atoms with Gasteiger partial charge < -0.3 is 5.11 Å². The van der Waals surface area contributed by atoms with Gasteiger partial charge in [-0.05, 0) is 0 Å². The zero-order chi connectivity index (χ0) is 7.11. The van der Waals surface area contributed by atoms with E-state index in [-0.39, 0.29) is 0 Å². The number of aliphatic hydroxyl groups is 1. The van der Waals surface area contributed by atoms with Gasteiger partial charge in [0.1, 0.15) is 0 Å². The minimum Gasteiger partial charge on any atom is -0.388 e. The van der Waals surface area contributed by atoms with Crippen molar-refractivity contribution in [2.45, 2.75) is 12.5 Å². The van der Waals surface area contributed by atoms with Gasteiger partial charge in [-0.2, -0.15) is 0 Å². The van der Waals surface area contributed by atoms with Crippen molar-refractivity contribution in [3.8, 4) is 12.3 Å². The highest BCUT2D eigenvalue weighted by atomic mass is 16.3. The fourth-order valence-electron chi connectivity index (χ4n) is 0.396. The molecular weight excluding hydrogens is 112 g/mol. The van der Waals surface area contributed by atoms with Crippen LogP contribution in [0.1, 0.15) is 6.42 Å². The van der Waals surface area contributed by atoms with E-state index in [9.17, 15) is 0 Å². The molecule has 0 radical (unpaired) electrons.